The Morgan fingerprint density at radius 1 is 1.28 bits per heavy atom. The first kappa shape index (κ1) is 20.4. The molecule has 0 aliphatic carbocycles. The lowest BCUT2D eigenvalue weighted by Gasteiger charge is -2.23. The molecule has 1 heterocycles. The maximum Gasteiger partial charge on any atom is 0.272 e. The molecule has 1 atom stereocenters. The van der Waals surface area contributed by atoms with Crippen molar-refractivity contribution in [2.45, 2.75) is 19.9 Å². The van der Waals surface area contributed by atoms with E-state index in [4.69, 9.17) is 0 Å². The number of nitro benzene ring substituents is 1. The maximum absolute atomic E-state index is 12.5. The molecule has 9 heteroatoms. The molecule has 1 aromatic heterocycles. The molecule has 0 aliphatic rings. The van der Waals surface area contributed by atoms with E-state index in [0.29, 0.717) is 5.56 Å². The molecule has 0 aliphatic heterocycles. The van der Waals surface area contributed by atoms with Crippen LogP contribution in [0.4, 0.5) is 5.69 Å². The summed E-state index contributed by atoms with van der Waals surface area (Å²) in [7, 11) is 1.67. The summed E-state index contributed by atoms with van der Waals surface area (Å²) in [5.74, 6) is -0.721. The summed E-state index contributed by atoms with van der Waals surface area (Å²) < 4.78 is 1.05. The Balaban J connectivity index is 1.62. The van der Waals surface area contributed by atoms with Gasteiger partial charge in [0.05, 0.1) is 27.7 Å². The average Bonchev–Trinajstić information content (AvgIpc) is 3.14. The molecule has 0 fully saturated rings. The summed E-state index contributed by atoms with van der Waals surface area (Å²) >= 11 is 1.53. The van der Waals surface area contributed by atoms with Crippen molar-refractivity contribution in [3.63, 3.8) is 0 Å². The number of nitro groups is 1. The van der Waals surface area contributed by atoms with Crippen molar-refractivity contribution in [3.8, 4) is 0 Å². The maximum atomic E-state index is 12.5. The third-order valence-electron chi connectivity index (χ3n) is 4.70. The van der Waals surface area contributed by atoms with E-state index in [2.05, 4.69) is 10.3 Å². The normalized spacial score (nSPS) is 11.8. The molecule has 0 spiro atoms. The molecule has 0 saturated heterocycles. The van der Waals surface area contributed by atoms with Crippen LogP contribution in [0.5, 0.6) is 0 Å². The zero-order chi connectivity index (χ0) is 21.1. The van der Waals surface area contributed by atoms with Gasteiger partial charge in [0.25, 0.3) is 11.6 Å². The third-order valence-corrected chi connectivity index (χ3v) is 5.90. The molecule has 3 rings (SSSR count). The summed E-state index contributed by atoms with van der Waals surface area (Å²) in [5.41, 5.74) is 1.49. The molecule has 8 nitrogen and oxygen atoms in total. The minimum atomic E-state index is -0.501. The lowest BCUT2D eigenvalue weighted by atomic mass is 10.1. The Bertz CT molecular complexity index is 1060. The molecule has 150 valence electrons. The first-order valence-electron chi connectivity index (χ1n) is 8.92. The standard InChI is InChI=1S/C20H20N4O4S/c1-12-10-14(8-9-16(12)24(27)28)19(26)21-11-18(25)23(3)13(2)20-22-15-6-4-5-7-17(15)29-20/h4-10,13H,11H2,1-3H3,(H,21,26). The molecule has 1 N–H and O–H groups in total. The van der Waals surface area contributed by atoms with Crippen molar-refractivity contribution in [1.82, 2.24) is 15.2 Å². The van der Waals surface area contributed by atoms with Crippen LogP contribution < -0.4 is 5.32 Å². The topological polar surface area (TPSA) is 105 Å². The number of nitrogens with one attached hydrogen (secondary N) is 1. The van der Waals surface area contributed by atoms with E-state index in [0.717, 1.165) is 15.2 Å². The van der Waals surface area contributed by atoms with Crippen molar-refractivity contribution < 1.29 is 14.5 Å². The van der Waals surface area contributed by atoms with Crippen LogP contribution in [0.2, 0.25) is 0 Å². The number of hydrogen-bond acceptors (Lipinski definition) is 6. The Hall–Kier alpha value is -3.33. The van der Waals surface area contributed by atoms with E-state index in [1.165, 1.54) is 29.5 Å². The second-order valence-corrected chi connectivity index (χ2v) is 7.70. The van der Waals surface area contributed by atoms with Crippen molar-refractivity contribution in [1.29, 1.82) is 0 Å². The van der Waals surface area contributed by atoms with Crippen LogP contribution >= 0.6 is 11.3 Å². The fourth-order valence-electron chi connectivity index (χ4n) is 2.83. The Morgan fingerprint density at radius 3 is 2.66 bits per heavy atom. The number of benzene rings is 2. The van der Waals surface area contributed by atoms with E-state index < -0.39 is 10.8 Å². The highest BCUT2D eigenvalue weighted by Crippen LogP contribution is 2.28. The Labute approximate surface area is 171 Å². The van der Waals surface area contributed by atoms with Crippen molar-refractivity contribution in [3.05, 3.63) is 68.7 Å². The van der Waals surface area contributed by atoms with Crippen molar-refractivity contribution >= 4 is 39.1 Å². The summed E-state index contributed by atoms with van der Waals surface area (Å²) in [6.45, 7) is 3.27. The smallest absolute Gasteiger partial charge is 0.272 e. The fraction of sp³-hybridized carbons (Fsp3) is 0.250. The van der Waals surface area contributed by atoms with Gasteiger partial charge in [-0.05, 0) is 38.1 Å². The first-order chi connectivity index (χ1) is 13.8. The van der Waals surface area contributed by atoms with E-state index in [9.17, 15) is 19.7 Å². The van der Waals surface area contributed by atoms with Gasteiger partial charge in [0, 0.05) is 24.2 Å². The van der Waals surface area contributed by atoms with Crippen LogP contribution in [0.1, 0.15) is 33.9 Å². The molecule has 29 heavy (non-hydrogen) atoms. The molecular formula is C20H20N4O4S. The van der Waals surface area contributed by atoms with Crippen LogP contribution in [0.25, 0.3) is 10.2 Å². The van der Waals surface area contributed by atoms with Gasteiger partial charge in [0.15, 0.2) is 0 Å². The van der Waals surface area contributed by atoms with Crippen LogP contribution in [0.15, 0.2) is 42.5 Å². The van der Waals surface area contributed by atoms with Gasteiger partial charge in [-0.2, -0.15) is 0 Å². The van der Waals surface area contributed by atoms with Crippen LogP contribution in [0, 0.1) is 17.0 Å². The molecule has 0 saturated carbocycles. The molecule has 0 radical (unpaired) electrons. The number of thiazole rings is 1. The molecule has 3 aromatic rings. The molecular weight excluding hydrogens is 392 g/mol. The zero-order valence-corrected chi connectivity index (χ0v) is 17.0. The predicted molar refractivity (Wildman–Crippen MR) is 111 cm³/mol. The SMILES string of the molecule is Cc1cc(C(=O)NCC(=O)N(C)C(C)c2nc3ccccc3s2)ccc1[N+](=O)[O-]. The second-order valence-electron chi connectivity index (χ2n) is 6.64. The molecule has 2 amide bonds. The lowest BCUT2D eigenvalue weighted by Crippen LogP contribution is -2.39. The number of nitrogens with zero attached hydrogens (tertiary/aromatic N) is 3. The highest BCUT2D eigenvalue weighted by molar-refractivity contribution is 7.18. The minimum absolute atomic E-state index is 0.0537. The number of hydrogen-bond donors (Lipinski definition) is 1. The van der Waals surface area contributed by atoms with Crippen LogP contribution in [-0.4, -0.2) is 40.2 Å². The van der Waals surface area contributed by atoms with E-state index in [1.807, 2.05) is 31.2 Å². The molecule has 2 aromatic carbocycles. The van der Waals surface area contributed by atoms with E-state index in [-0.39, 0.29) is 29.7 Å². The first-order valence-corrected chi connectivity index (χ1v) is 9.74. The number of carbonyl (C=O) groups excluding carboxylic acids is 2. The number of rotatable bonds is 6. The number of carbonyl (C=O) groups is 2. The second kappa shape index (κ2) is 8.36. The average molecular weight is 412 g/mol. The fourth-order valence-corrected chi connectivity index (χ4v) is 3.90. The van der Waals surface area contributed by atoms with Gasteiger partial charge in [-0.25, -0.2) is 4.98 Å². The number of aromatic nitrogens is 1. The van der Waals surface area contributed by atoms with E-state index >= 15 is 0 Å². The summed E-state index contributed by atoms with van der Waals surface area (Å²) in [6, 6.07) is 11.6. The summed E-state index contributed by atoms with van der Waals surface area (Å²) in [4.78, 5) is 41.3. The van der Waals surface area contributed by atoms with Gasteiger partial charge < -0.3 is 10.2 Å². The number of amides is 2. The van der Waals surface area contributed by atoms with Crippen molar-refractivity contribution in [2.75, 3.05) is 13.6 Å². The largest absolute Gasteiger partial charge is 0.343 e. The van der Waals surface area contributed by atoms with Crippen molar-refractivity contribution in [2.24, 2.45) is 0 Å². The van der Waals surface area contributed by atoms with E-state index in [1.54, 1.807) is 18.9 Å². The summed E-state index contributed by atoms with van der Waals surface area (Å²) in [6.07, 6.45) is 0. The minimum Gasteiger partial charge on any atom is -0.343 e. The van der Waals surface area contributed by atoms with Gasteiger partial charge in [-0.1, -0.05) is 12.1 Å². The number of para-hydroxylation sites is 1. The Morgan fingerprint density at radius 2 is 2.00 bits per heavy atom. The molecule has 1 unspecified atom stereocenters. The quantitative estimate of drug-likeness (QED) is 0.493. The summed E-state index contributed by atoms with van der Waals surface area (Å²) in [5, 5.41) is 14.3. The van der Waals surface area contributed by atoms with Gasteiger partial charge in [0.1, 0.15) is 5.01 Å². The Kier molecular flexibility index (Phi) is 5.88. The van der Waals surface area contributed by atoms with Gasteiger partial charge in [-0.3, -0.25) is 19.7 Å². The number of fused-ring (bicyclic) bond motifs is 1. The van der Waals surface area contributed by atoms with Gasteiger partial charge >= 0.3 is 0 Å². The zero-order valence-electron chi connectivity index (χ0n) is 16.2. The third kappa shape index (κ3) is 4.40. The van der Waals surface area contributed by atoms with Gasteiger partial charge in [-0.15, -0.1) is 11.3 Å². The predicted octanol–water partition coefficient (Wildman–Crippen LogP) is 3.46. The monoisotopic (exact) mass is 412 g/mol. The highest BCUT2D eigenvalue weighted by atomic mass is 32.1. The van der Waals surface area contributed by atoms with Crippen LogP contribution in [0.3, 0.4) is 0 Å². The highest BCUT2D eigenvalue weighted by Gasteiger charge is 2.21. The molecule has 0 bridgehead atoms. The van der Waals surface area contributed by atoms with Gasteiger partial charge in [0.2, 0.25) is 5.91 Å². The number of aryl methyl sites for hydroxylation is 1. The lowest BCUT2D eigenvalue weighted by molar-refractivity contribution is -0.385. The number of likely N-dealkylation sites (N-methyl/N-ethyl adjacent to an activating group) is 1. The van der Waals surface area contributed by atoms with Crippen LogP contribution in [-0.2, 0) is 4.79 Å².